The predicted molar refractivity (Wildman–Crippen MR) is 111 cm³/mol. The molecule has 0 spiro atoms. The van der Waals surface area contributed by atoms with Crippen molar-refractivity contribution in [3.8, 4) is 0 Å². The lowest BCUT2D eigenvalue weighted by Crippen LogP contribution is -2.23. The zero-order valence-corrected chi connectivity index (χ0v) is 15.8. The van der Waals surface area contributed by atoms with E-state index in [0.29, 0.717) is 12.2 Å². The van der Waals surface area contributed by atoms with Gasteiger partial charge in [-0.15, -0.1) is 0 Å². The summed E-state index contributed by atoms with van der Waals surface area (Å²) in [6, 6.07) is 26.3. The number of hydrogen-bond acceptors (Lipinski definition) is 2. The normalized spacial score (nSPS) is 10.9. The van der Waals surface area contributed by atoms with Gasteiger partial charge in [0.15, 0.2) is 0 Å². The average molecular weight is 372 g/mol. The van der Waals surface area contributed by atoms with E-state index in [-0.39, 0.29) is 5.91 Å². The van der Waals surface area contributed by atoms with Crippen LogP contribution in [0.1, 0.15) is 21.6 Å². The van der Waals surface area contributed by atoms with Gasteiger partial charge in [0.2, 0.25) is 0 Å². The standard InChI is InChI=1S/C23H20N2OS/c1-16-11-13-18(14-12-16)27-22-19-9-5-6-10-20(19)25-21(22)23(26)24-15-17-7-3-2-4-8-17/h2-14,25H,15H2,1H3,(H,24,26). The van der Waals surface area contributed by atoms with Gasteiger partial charge in [0.25, 0.3) is 5.91 Å². The number of benzene rings is 3. The first-order chi connectivity index (χ1) is 13.2. The maximum absolute atomic E-state index is 12.9. The first kappa shape index (κ1) is 17.4. The Kier molecular flexibility index (Phi) is 4.99. The van der Waals surface area contributed by atoms with Gasteiger partial charge in [0.05, 0.1) is 4.90 Å². The van der Waals surface area contributed by atoms with Crippen LogP contribution >= 0.6 is 11.8 Å². The second-order valence-electron chi connectivity index (χ2n) is 6.46. The summed E-state index contributed by atoms with van der Waals surface area (Å²) in [5.41, 5.74) is 3.88. The molecule has 0 fully saturated rings. The average Bonchev–Trinajstić information content (AvgIpc) is 3.07. The summed E-state index contributed by atoms with van der Waals surface area (Å²) in [5.74, 6) is -0.0929. The smallest absolute Gasteiger partial charge is 0.269 e. The largest absolute Gasteiger partial charge is 0.350 e. The molecular formula is C23H20N2OS. The molecule has 2 N–H and O–H groups in total. The van der Waals surface area contributed by atoms with E-state index in [9.17, 15) is 4.79 Å². The maximum atomic E-state index is 12.9. The highest BCUT2D eigenvalue weighted by Gasteiger charge is 2.18. The maximum Gasteiger partial charge on any atom is 0.269 e. The van der Waals surface area contributed by atoms with Crippen LogP contribution in [-0.2, 0) is 6.54 Å². The van der Waals surface area contributed by atoms with Gasteiger partial charge >= 0.3 is 0 Å². The van der Waals surface area contributed by atoms with E-state index in [2.05, 4.69) is 47.6 Å². The third-order valence-electron chi connectivity index (χ3n) is 4.42. The molecule has 0 saturated carbocycles. The number of aryl methyl sites for hydroxylation is 1. The van der Waals surface area contributed by atoms with Crippen LogP contribution in [0.4, 0.5) is 0 Å². The molecular weight excluding hydrogens is 352 g/mol. The van der Waals surface area contributed by atoms with Gasteiger partial charge in [0.1, 0.15) is 5.69 Å². The summed E-state index contributed by atoms with van der Waals surface area (Å²) >= 11 is 1.62. The zero-order chi connectivity index (χ0) is 18.6. The van der Waals surface area contributed by atoms with Gasteiger partial charge in [-0.1, -0.05) is 78.0 Å². The summed E-state index contributed by atoms with van der Waals surface area (Å²) in [6.45, 7) is 2.58. The fourth-order valence-corrected chi connectivity index (χ4v) is 4.01. The SMILES string of the molecule is Cc1ccc(Sc2c(C(=O)NCc3ccccc3)[nH]c3ccccc23)cc1. The van der Waals surface area contributed by atoms with E-state index in [1.54, 1.807) is 11.8 Å². The predicted octanol–water partition coefficient (Wildman–Crippen LogP) is 5.56. The molecule has 0 saturated heterocycles. The molecule has 4 rings (SSSR count). The van der Waals surface area contributed by atoms with Crippen LogP contribution in [0.3, 0.4) is 0 Å². The highest BCUT2D eigenvalue weighted by atomic mass is 32.2. The topological polar surface area (TPSA) is 44.9 Å². The van der Waals surface area contributed by atoms with Crippen molar-refractivity contribution >= 4 is 28.6 Å². The Morgan fingerprint density at radius 1 is 0.926 bits per heavy atom. The molecule has 27 heavy (non-hydrogen) atoms. The Morgan fingerprint density at radius 3 is 2.41 bits per heavy atom. The van der Waals surface area contributed by atoms with E-state index >= 15 is 0 Å². The van der Waals surface area contributed by atoms with Crippen LogP contribution in [0.2, 0.25) is 0 Å². The van der Waals surface area contributed by atoms with Crippen molar-refractivity contribution in [2.75, 3.05) is 0 Å². The van der Waals surface area contributed by atoms with Crippen LogP contribution in [0.5, 0.6) is 0 Å². The number of hydrogen-bond donors (Lipinski definition) is 2. The van der Waals surface area contributed by atoms with Gasteiger partial charge in [-0.25, -0.2) is 0 Å². The molecule has 1 aromatic heterocycles. The van der Waals surface area contributed by atoms with Crippen molar-refractivity contribution in [2.45, 2.75) is 23.3 Å². The van der Waals surface area contributed by atoms with Crippen LogP contribution in [0.25, 0.3) is 10.9 Å². The highest BCUT2D eigenvalue weighted by Crippen LogP contribution is 2.36. The van der Waals surface area contributed by atoms with E-state index in [1.165, 1.54) is 5.56 Å². The molecule has 0 atom stereocenters. The minimum absolute atomic E-state index is 0.0929. The minimum atomic E-state index is -0.0929. The zero-order valence-electron chi connectivity index (χ0n) is 15.0. The van der Waals surface area contributed by atoms with Crippen molar-refractivity contribution in [3.05, 3.63) is 95.7 Å². The first-order valence-corrected chi connectivity index (χ1v) is 9.70. The number of nitrogens with one attached hydrogen (secondary N) is 2. The summed E-state index contributed by atoms with van der Waals surface area (Å²) < 4.78 is 0. The molecule has 134 valence electrons. The fourth-order valence-electron chi connectivity index (χ4n) is 2.97. The van der Waals surface area contributed by atoms with Gasteiger partial charge < -0.3 is 10.3 Å². The Morgan fingerprint density at radius 2 is 1.63 bits per heavy atom. The molecule has 3 nitrogen and oxygen atoms in total. The van der Waals surface area contributed by atoms with Crippen molar-refractivity contribution in [1.29, 1.82) is 0 Å². The molecule has 0 radical (unpaired) electrons. The van der Waals surface area contributed by atoms with Gasteiger partial charge in [-0.05, 0) is 30.7 Å². The molecule has 4 aromatic rings. The number of aromatic nitrogens is 1. The fraction of sp³-hybridized carbons (Fsp3) is 0.0870. The lowest BCUT2D eigenvalue weighted by atomic mass is 10.2. The number of fused-ring (bicyclic) bond motifs is 1. The van der Waals surface area contributed by atoms with Gasteiger partial charge in [-0.2, -0.15) is 0 Å². The molecule has 0 bridgehead atoms. The number of carbonyl (C=O) groups excluding carboxylic acids is 1. The number of H-pyrrole nitrogens is 1. The molecule has 1 amide bonds. The van der Waals surface area contributed by atoms with Crippen molar-refractivity contribution in [3.63, 3.8) is 0 Å². The van der Waals surface area contributed by atoms with Crippen molar-refractivity contribution in [1.82, 2.24) is 10.3 Å². The molecule has 0 aliphatic rings. The van der Waals surface area contributed by atoms with Gasteiger partial charge in [0, 0.05) is 22.3 Å². The van der Waals surface area contributed by atoms with E-state index in [1.807, 2.05) is 48.5 Å². The Hall–Kier alpha value is -2.98. The van der Waals surface area contributed by atoms with E-state index in [0.717, 1.165) is 26.3 Å². The number of carbonyl (C=O) groups is 1. The van der Waals surface area contributed by atoms with E-state index in [4.69, 9.17) is 0 Å². The van der Waals surface area contributed by atoms with Gasteiger partial charge in [-0.3, -0.25) is 4.79 Å². The summed E-state index contributed by atoms with van der Waals surface area (Å²) in [6.07, 6.45) is 0. The molecule has 0 aliphatic carbocycles. The lowest BCUT2D eigenvalue weighted by Gasteiger charge is -2.07. The van der Waals surface area contributed by atoms with Crippen LogP contribution in [0, 0.1) is 6.92 Å². The lowest BCUT2D eigenvalue weighted by molar-refractivity contribution is 0.0944. The summed E-state index contributed by atoms with van der Waals surface area (Å²) in [7, 11) is 0. The molecule has 1 heterocycles. The van der Waals surface area contributed by atoms with Crippen LogP contribution < -0.4 is 5.32 Å². The second-order valence-corrected chi connectivity index (χ2v) is 7.54. The van der Waals surface area contributed by atoms with Crippen LogP contribution in [-0.4, -0.2) is 10.9 Å². The minimum Gasteiger partial charge on any atom is -0.350 e. The number of rotatable bonds is 5. The monoisotopic (exact) mass is 372 g/mol. The number of amides is 1. The van der Waals surface area contributed by atoms with E-state index < -0.39 is 0 Å². The molecule has 4 heteroatoms. The number of para-hydroxylation sites is 1. The first-order valence-electron chi connectivity index (χ1n) is 8.88. The third kappa shape index (κ3) is 3.91. The Balaban J connectivity index is 1.64. The highest BCUT2D eigenvalue weighted by molar-refractivity contribution is 7.99. The van der Waals surface area contributed by atoms with Crippen LogP contribution in [0.15, 0.2) is 88.7 Å². The Labute approximate surface area is 162 Å². The molecule has 0 aliphatic heterocycles. The quantitative estimate of drug-likeness (QED) is 0.482. The molecule has 0 unspecified atom stereocenters. The van der Waals surface area contributed by atoms with Crippen molar-refractivity contribution in [2.24, 2.45) is 0 Å². The Bertz CT molecular complexity index is 1070. The summed E-state index contributed by atoms with van der Waals surface area (Å²) in [4.78, 5) is 18.3. The molecule has 3 aromatic carbocycles. The summed E-state index contributed by atoms with van der Waals surface area (Å²) in [5, 5.41) is 4.09. The van der Waals surface area contributed by atoms with Crippen molar-refractivity contribution < 1.29 is 4.79 Å². The second kappa shape index (κ2) is 7.72. The third-order valence-corrected chi connectivity index (χ3v) is 5.56. The number of aromatic amines is 1.